The van der Waals surface area contributed by atoms with Gasteiger partial charge in [-0.2, -0.15) is 4.31 Å². The molecule has 2 aliphatic rings. The van der Waals surface area contributed by atoms with Gasteiger partial charge < -0.3 is 5.11 Å². The minimum atomic E-state index is -3.58. The standard InChI is InChI=1S/C15H19NO4S/c1-10-5-6-13(7-14(10)15(17)18)21(19,20)16-8-11-3-2-4-12(11)9-16/h5-7,11-12H,2-4,8-9H2,1H3,(H,17,18). The van der Waals surface area contributed by atoms with E-state index in [1.165, 1.54) is 22.9 Å². The SMILES string of the molecule is Cc1ccc(S(=O)(=O)N2CC3CCCC3C2)cc1C(=O)O. The molecule has 1 aromatic carbocycles. The van der Waals surface area contributed by atoms with Crippen LogP contribution in [0.15, 0.2) is 23.1 Å². The van der Waals surface area contributed by atoms with E-state index in [1.54, 1.807) is 13.0 Å². The molecule has 2 unspecified atom stereocenters. The summed E-state index contributed by atoms with van der Waals surface area (Å²) in [6, 6.07) is 4.35. The van der Waals surface area contributed by atoms with Crippen LogP contribution in [0, 0.1) is 18.8 Å². The maximum Gasteiger partial charge on any atom is 0.335 e. The van der Waals surface area contributed by atoms with Crippen LogP contribution in [0.3, 0.4) is 0 Å². The van der Waals surface area contributed by atoms with Gasteiger partial charge in [0.1, 0.15) is 0 Å². The Morgan fingerprint density at radius 1 is 1.24 bits per heavy atom. The second kappa shape index (κ2) is 5.10. The summed E-state index contributed by atoms with van der Waals surface area (Å²) in [7, 11) is -3.58. The monoisotopic (exact) mass is 309 g/mol. The Bertz CT molecular complexity index is 671. The molecule has 1 aliphatic heterocycles. The Labute approximate surface area is 124 Å². The van der Waals surface area contributed by atoms with Gasteiger partial charge >= 0.3 is 5.97 Å². The van der Waals surface area contributed by atoms with Crippen molar-refractivity contribution in [2.45, 2.75) is 31.1 Å². The van der Waals surface area contributed by atoms with Gasteiger partial charge in [0, 0.05) is 13.1 Å². The number of sulfonamides is 1. The van der Waals surface area contributed by atoms with Gasteiger partial charge in [-0.3, -0.25) is 0 Å². The summed E-state index contributed by atoms with van der Waals surface area (Å²) in [6.45, 7) is 2.81. The Kier molecular flexibility index (Phi) is 3.53. The van der Waals surface area contributed by atoms with Crippen LogP contribution in [0.5, 0.6) is 0 Å². The third-order valence-electron chi connectivity index (χ3n) is 4.77. The number of aromatic carboxylic acids is 1. The molecule has 0 bridgehead atoms. The van der Waals surface area contributed by atoms with Crippen LogP contribution in [0.4, 0.5) is 0 Å². The van der Waals surface area contributed by atoms with Crippen molar-refractivity contribution in [2.75, 3.05) is 13.1 Å². The van der Waals surface area contributed by atoms with E-state index in [-0.39, 0.29) is 10.5 Å². The van der Waals surface area contributed by atoms with Crippen LogP contribution in [0.2, 0.25) is 0 Å². The molecule has 5 nitrogen and oxygen atoms in total. The van der Waals surface area contributed by atoms with Crippen molar-refractivity contribution in [1.82, 2.24) is 4.31 Å². The van der Waals surface area contributed by atoms with Crippen LogP contribution >= 0.6 is 0 Å². The highest BCUT2D eigenvalue weighted by Gasteiger charge is 2.41. The van der Waals surface area contributed by atoms with Gasteiger partial charge in [-0.25, -0.2) is 13.2 Å². The zero-order valence-corrected chi connectivity index (χ0v) is 12.8. The number of carboxylic acids is 1. The summed E-state index contributed by atoms with van der Waals surface area (Å²) in [5, 5.41) is 9.14. The number of nitrogens with zero attached hydrogens (tertiary/aromatic N) is 1. The van der Waals surface area contributed by atoms with Gasteiger partial charge in [0.05, 0.1) is 10.5 Å². The molecular weight excluding hydrogens is 290 g/mol. The number of fused-ring (bicyclic) bond motifs is 1. The fourth-order valence-corrected chi connectivity index (χ4v) is 5.11. The van der Waals surface area contributed by atoms with Gasteiger partial charge in [0.15, 0.2) is 0 Å². The van der Waals surface area contributed by atoms with Crippen molar-refractivity contribution >= 4 is 16.0 Å². The largest absolute Gasteiger partial charge is 0.478 e. The topological polar surface area (TPSA) is 74.7 Å². The molecule has 0 spiro atoms. The van der Waals surface area contributed by atoms with E-state index in [0.29, 0.717) is 30.5 Å². The summed E-state index contributed by atoms with van der Waals surface area (Å²) in [4.78, 5) is 11.3. The summed E-state index contributed by atoms with van der Waals surface area (Å²) >= 11 is 0. The van der Waals surface area contributed by atoms with Crippen LogP contribution in [-0.2, 0) is 10.0 Å². The van der Waals surface area contributed by atoms with Crippen molar-refractivity contribution in [3.8, 4) is 0 Å². The molecule has 1 aromatic rings. The molecule has 2 atom stereocenters. The number of rotatable bonds is 3. The molecule has 1 N–H and O–H groups in total. The third-order valence-corrected chi connectivity index (χ3v) is 6.60. The van der Waals surface area contributed by atoms with Crippen LogP contribution < -0.4 is 0 Å². The number of carbonyl (C=O) groups is 1. The van der Waals surface area contributed by atoms with E-state index < -0.39 is 16.0 Å². The molecule has 114 valence electrons. The van der Waals surface area contributed by atoms with Gasteiger partial charge in [-0.05, 0) is 49.3 Å². The number of benzene rings is 1. The summed E-state index contributed by atoms with van der Waals surface area (Å²) in [5.74, 6) is -0.142. The number of hydrogen-bond acceptors (Lipinski definition) is 3. The van der Waals surface area contributed by atoms with Crippen molar-refractivity contribution in [3.05, 3.63) is 29.3 Å². The minimum absolute atomic E-state index is 0.0514. The highest BCUT2D eigenvalue weighted by Crippen LogP contribution is 2.39. The fraction of sp³-hybridized carbons (Fsp3) is 0.533. The third kappa shape index (κ3) is 2.46. The first-order valence-corrected chi connectivity index (χ1v) is 8.67. The first-order chi connectivity index (χ1) is 9.89. The first kappa shape index (κ1) is 14.5. The smallest absolute Gasteiger partial charge is 0.335 e. The molecule has 0 radical (unpaired) electrons. The summed E-state index contributed by atoms with van der Waals surface area (Å²) in [6.07, 6.45) is 3.40. The number of carboxylic acid groups (broad SMARTS) is 1. The molecule has 0 aromatic heterocycles. The lowest BCUT2D eigenvalue weighted by Crippen LogP contribution is -2.29. The average molecular weight is 309 g/mol. The molecule has 1 saturated carbocycles. The molecule has 6 heteroatoms. The second-order valence-corrected chi connectivity index (χ2v) is 7.99. The van der Waals surface area contributed by atoms with Gasteiger partial charge in [-0.1, -0.05) is 12.5 Å². The molecular formula is C15H19NO4S. The molecule has 2 fully saturated rings. The number of hydrogen-bond donors (Lipinski definition) is 1. The quantitative estimate of drug-likeness (QED) is 0.928. The maximum atomic E-state index is 12.7. The van der Waals surface area contributed by atoms with E-state index in [0.717, 1.165) is 12.8 Å². The van der Waals surface area contributed by atoms with Gasteiger partial charge in [0.25, 0.3) is 0 Å². The molecule has 1 heterocycles. The minimum Gasteiger partial charge on any atom is -0.478 e. The lowest BCUT2D eigenvalue weighted by atomic mass is 10.0. The molecule has 0 amide bonds. The molecule has 3 rings (SSSR count). The highest BCUT2D eigenvalue weighted by atomic mass is 32.2. The predicted octanol–water partition coefficient (Wildman–Crippen LogP) is 2.11. The first-order valence-electron chi connectivity index (χ1n) is 7.23. The average Bonchev–Trinajstić information content (AvgIpc) is 2.99. The van der Waals surface area contributed by atoms with Crippen LogP contribution in [0.25, 0.3) is 0 Å². The van der Waals surface area contributed by atoms with Crippen molar-refractivity contribution in [2.24, 2.45) is 11.8 Å². The van der Waals surface area contributed by atoms with Crippen LogP contribution in [0.1, 0.15) is 35.2 Å². The second-order valence-electron chi connectivity index (χ2n) is 6.05. The Morgan fingerprint density at radius 2 is 1.86 bits per heavy atom. The van der Waals surface area contributed by atoms with E-state index in [1.807, 2.05) is 0 Å². The predicted molar refractivity (Wildman–Crippen MR) is 77.7 cm³/mol. The Hall–Kier alpha value is -1.40. The fourth-order valence-electron chi connectivity index (χ4n) is 3.53. The summed E-state index contributed by atoms with van der Waals surface area (Å²) in [5.41, 5.74) is 0.621. The van der Waals surface area contributed by atoms with E-state index in [9.17, 15) is 13.2 Å². The Morgan fingerprint density at radius 3 is 2.43 bits per heavy atom. The van der Waals surface area contributed by atoms with E-state index >= 15 is 0 Å². The molecule has 1 saturated heterocycles. The number of aryl methyl sites for hydroxylation is 1. The molecule has 1 aliphatic carbocycles. The maximum absolute atomic E-state index is 12.7. The van der Waals surface area contributed by atoms with Crippen LogP contribution in [-0.4, -0.2) is 36.9 Å². The Balaban J connectivity index is 1.92. The lowest BCUT2D eigenvalue weighted by molar-refractivity contribution is 0.0696. The van der Waals surface area contributed by atoms with E-state index in [2.05, 4.69) is 0 Å². The highest BCUT2D eigenvalue weighted by molar-refractivity contribution is 7.89. The molecule has 21 heavy (non-hydrogen) atoms. The van der Waals surface area contributed by atoms with Crippen molar-refractivity contribution in [3.63, 3.8) is 0 Å². The normalized spacial score (nSPS) is 26.0. The zero-order chi connectivity index (χ0) is 15.2. The van der Waals surface area contributed by atoms with E-state index in [4.69, 9.17) is 5.11 Å². The lowest BCUT2D eigenvalue weighted by Gasteiger charge is -2.18. The zero-order valence-electron chi connectivity index (χ0n) is 11.9. The van der Waals surface area contributed by atoms with Gasteiger partial charge in [-0.15, -0.1) is 0 Å². The van der Waals surface area contributed by atoms with Crippen molar-refractivity contribution < 1.29 is 18.3 Å². The van der Waals surface area contributed by atoms with Crippen molar-refractivity contribution in [1.29, 1.82) is 0 Å². The summed E-state index contributed by atoms with van der Waals surface area (Å²) < 4.78 is 26.9. The van der Waals surface area contributed by atoms with Gasteiger partial charge in [0.2, 0.25) is 10.0 Å².